The van der Waals surface area contributed by atoms with E-state index in [1.165, 1.54) is 17.6 Å². The van der Waals surface area contributed by atoms with Crippen LogP contribution < -0.4 is 4.90 Å². The third-order valence-electron chi connectivity index (χ3n) is 5.18. The van der Waals surface area contributed by atoms with Gasteiger partial charge in [-0.2, -0.15) is 0 Å². The molecule has 6 nitrogen and oxygen atoms in total. The number of carbonyl (C=O) groups is 1. The molecule has 0 atom stereocenters. The molecule has 0 fully saturated rings. The largest absolute Gasteiger partial charge is 0.302 e. The van der Waals surface area contributed by atoms with E-state index in [4.69, 9.17) is 0 Å². The fourth-order valence-corrected chi connectivity index (χ4v) is 5.82. The maximum Gasteiger partial charge on any atom is 0.260 e. The molecule has 0 saturated heterocycles. The quantitative estimate of drug-likeness (QED) is 0.336. The molecule has 0 bridgehead atoms. The second-order valence-electron chi connectivity index (χ2n) is 7.34. The molecular formula is C23H30ClN3O3S3. The van der Waals surface area contributed by atoms with E-state index in [1.54, 1.807) is 34.9 Å². The van der Waals surface area contributed by atoms with Crippen molar-refractivity contribution in [2.24, 2.45) is 0 Å². The van der Waals surface area contributed by atoms with E-state index in [9.17, 15) is 13.2 Å². The van der Waals surface area contributed by atoms with Crippen LogP contribution in [0.4, 0.5) is 5.13 Å². The van der Waals surface area contributed by atoms with E-state index >= 15 is 0 Å². The highest BCUT2D eigenvalue weighted by Gasteiger charge is 2.23. The first-order valence-electron chi connectivity index (χ1n) is 10.6. The highest BCUT2D eigenvalue weighted by Crippen LogP contribution is 2.32. The van der Waals surface area contributed by atoms with Gasteiger partial charge in [0.25, 0.3) is 5.91 Å². The zero-order valence-electron chi connectivity index (χ0n) is 19.3. The molecule has 0 saturated carbocycles. The van der Waals surface area contributed by atoms with E-state index in [0.29, 0.717) is 22.8 Å². The second kappa shape index (κ2) is 12.2. The first-order chi connectivity index (χ1) is 15.3. The molecule has 1 aromatic heterocycles. The van der Waals surface area contributed by atoms with Crippen LogP contribution in [0.1, 0.15) is 31.1 Å². The number of carbonyl (C=O) groups excluding carboxylic acids is 1. The Morgan fingerprint density at radius 1 is 1.06 bits per heavy atom. The summed E-state index contributed by atoms with van der Waals surface area (Å²) in [6.45, 7) is 9.33. The van der Waals surface area contributed by atoms with Crippen molar-refractivity contribution in [3.63, 3.8) is 0 Å². The predicted octanol–water partition coefficient (Wildman–Crippen LogP) is 5.22. The minimum Gasteiger partial charge on any atom is -0.302 e. The number of thioether (sulfide) groups is 1. The van der Waals surface area contributed by atoms with Crippen LogP contribution >= 0.6 is 35.5 Å². The predicted molar refractivity (Wildman–Crippen MR) is 142 cm³/mol. The molecule has 0 N–H and O–H groups in total. The second-order valence-corrected chi connectivity index (χ2v) is 11.7. The van der Waals surface area contributed by atoms with Gasteiger partial charge in [-0.1, -0.05) is 38.2 Å². The minimum absolute atomic E-state index is 0. The van der Waals surface area contributed by atoms with E-state index in [-0.39, 0.29) is 23.2 Å². The van der Waals surface area contributed by atoms with Gasteiger partial charge in [0.2, 0.25) is 0 Å². The van der Waals surface area contributed by atoms with Crippen molar-refractivity contribution < 1.29 is 13.2 Å². The molecule has 2 aromatic carbocycles. The molecule has 0 unspecified atom stereocenters. The minimum atomic E-state index is -3.31. The lowest BCUT2D eigenvalue weighted by molar-refractivity contribution is 0.0983. The molecule has 0 radical (unpaired) electrons. The summed E-state index contributed by atoms with van der Waals surface area (Å²) in [6, 6.07) is 12.6. The van der Waals surface area contributed by atoms with Crippen molar-refractivity contribution in [3.05, 3.63) is 48.0 Å². The summed E-state index contributed by atoms with van der Waals surface area (Å²) in [4.78, 5) is 23.5. The standard InChI is InChI=1S/C23H29N3O3S3.ClH/c1-5-25(6-2)13-14-26(22(27)17-9-8-10-18(15-17)30-7-3)23-24-20-12-11-19(32(4,28)29)16-21(20)31-23;/h8-12,15-16H,5-7,13-14H2,1-4H3;1H. The SMILES string of the molecule is CCSc1cccc(C(=O)N(CCN(CC)CC)c2nc3ccc(S(C)(=O)=O)cc3s2)c1.Cl. The summed E-state index contributed by atoms with van der Waals surface area (Å²) in [5.74, 6) is 0.835. The first-order valence-corrected chi connectivity index (χ1v) is 14.3. The number of sulfone groups is 1. The molecule has 0 aliphatic heterocycles. The van der Waals surface area contributed by atoms with Crippen LogP contribution in [-0.2, 0) is 9.84 Å². The number of fused-ring (bicyclic) bond motifs is 1. The molecule has 0 aliphatic rings. The number of thiazole rings is 1. The van der Waals surface area contributed by atoms with Gasteiger partial charge in [0.1, 0.15) is 0 Å². The van der Waals surface area contributed by atoms with Crippen molar-refractivity contribution in [2.45, 2.75) is 30.6 Å². The lowest BCUT2D eigenvalue weighted by atomic mass is 10.2. The molecule has 0 aliphatic carbocycles. The Morgan fingerprint density at radius 2 is 1.79 bits per heavy atom. The number of hydrogen-bond donors (Lipinski definition) is 0. The van der Waals surface area contributed by atoms with E-state index in [0.717, 1.165) is 35.0 Å². The lowest BCUT2D eigenvalue weighted by Crippen LogP contribution is -2.38. The van der Waals surface area contributed by atoms with Gasteiger partial charge in [-0.15, -0.1) is 24.2 Å². The Balaban J connectivity index is 0.00000385. The van der Waals surface area contributed by atoms with E-state index in [1.807, 2.05) is 24.3 Å². The summed E-state index contributed by atoms with van der Waals surface area (Å²) in [5.41, 5.74) is 1.31. The summed E-state index contributed by atoms with van der Waals surface area (Å²) in [7, 11) is -3.31. The molecule has 0 spiro atoms. The first kappa shape index (κ1) is 27.6. The van der Waals surface area contributed by atoms with Crippen molar-refractivity contribution in [2.75, 3.05) is 43.1 Å². The number of aromatic nitrogens is 1. The fourth-order valence-electron chi connectivity index (χ4n) is 3.35. The number of anilines is 1. The summed E-state index contributed by atoms with van der Waals surface area (Å²) in [6.07, 6.45) is 1.19. The number of halogens is 1. The monoisotopic (exact) mass is 527 g/mol. The number of rotatable bonds is 10. The molecular weight excluding hydrogens is 498 g/mol. The number of benzene rings is 2. The zero-order valence-corrected chi connectivity index (χ0v) is 22.5. The van der Waals surface area contributed by atoms with Crippen LogP contribution in [0.3, 0.4) is 0 Å². The maximum absolute atomic E-state index is 13.6. The average molecular weight is 528 g/mol. The van der Waals surface area contributed by atoms with Gasteiger partial charge >= 0.3 is 0 Å². The van der Waals surface area contributed by atoms with Crippen molar-refractivity contribution in [1.29, 1.82) is 0 Å². The summed E-state index contributed by atoms with van der Waals surface area (Å²) in [5, 5.41) is 0.580. The fraction of sp³-hybridized carbons (Fsp3) is 0.391. The molecule has 10 heteroatoms. The highest BCUT2D eigenvalue weighted by molar-refractivity contribution is 7.99. The third kappa shape index (κ3) is 6.93. The third-order valence-corrected chi connectivity index (χ3v) is 8.21. The van der Waals surface area contributed by atoms with E-state index in [2.05, 4.69) is 30.7 Å². The highest BCUT2D eigenvalue weighted by atomic mass is 35.5. The normalized spacial score (nSPS) is 11.5. The molecule has 1 heterocycles. The number of hydrogen-bond acceptors (Lipinski definition) is 7. The Kier molecular flexibility index (Phi) is 10.2. The Hall–Kier alpha value is -1.65. The molecule has 33 heavy (non-hydrogen) atoms. The van der Waals surface area contributed by atoms with Gasteiger partial charge in [0, 0.05) is 29.8 Å². The van der Waals surface area contributed by atoms with Crippen LogP contribution in [0.15, 0.2) is 52.3 Å². The van der Waals surface area contributed by atoms with Crippen LogP contribution in [0.5, 0.6) is 0 Å². The Morgan fingerprint density at radius 3 is 2.42 bits per heavy atom. The Bertz CT molecular complexity index is 1190. The lowest BCUT2D eigenvalue weighted by Gasteiger charge is -2.25. The van der Waals surface area contributed by atoms with Gasteiger partial charge in [-0.3, -0.25) is 9.69 Å². The maximum atomic E-state index is 13.6. The van der Waals surface area contributed by atoms with Crippen molar-refractivity contribution in [1.82, 2.24) is 9.88 Å². The summed E-state index contributed by atoms with van der Waals surface area (Å²) < 4.78 is 24.7. The molecule has 3 aromatic rings. The molecule has 3 rings (SSSR count). The topological polar surface area (TPSA) is 70.6 Å². The van der Waals surface area contributed by atoms with Gasteiger partial charge in [-0.25, -0.2) is 13.4 Å². The summed E-state index contributed by atoms with van der Waals surface area (Å²) >= 11 is 3.04. The average Bonchev–Trinajstić information content (AvgIpc) is 3.19. The number of amides is 1. The van der Waals surface area contributed by atoms with Crippen LogP contribution in [-0.4, -0.2) is 62.4 Å². The van der Waals surface area contributed by atoms with Gasteiger partial charge in [-0.05, 0) is 55.2 Å². The van der Waals surface area contributed by atoms with E-state index < -0.39 is 9.84 Å². The van der Waals surface area contributed by atoms with Crippen molar-refractivity contribution >= 4 is 66.6 Å². The Labute approximate surface area is 210 Å². The van der Waals surface area contributed by atoms with Gasteiger partial charge < -0.3 is 4.90 Å². The van der Waals surface area contributed by atoms with Gasteiger partial charge in [0.05, 0.1) is 15.1 Å². The zero-order chi connectivity index (χ0) is 23.3. The van der Waals surface area contributed by atoms with Gasteiger partial charge in [0.15, 0.2) is 15.0 Å². The van der Waals surface area contributed by atoms with Crippen LogP contribution in [0.25, 0.3) is 10.2 Å². The number of nitrogens with zero attached hydrogens (tertiary/aromatic N) is 3. The smallest absolute Gasteiger partial charge is 0.260 e. The van der Waals surface area contributed by atoms with Crippen LogP contribution in [0, 0.1) is 0 Å². The molecule has 180 valence electrons. The van der Waals surface area contributed by atoms with Crippen LogP contribution in [0.2, 0.25) is 0 Å². The number of likely N-dealkylation sites (N-methyl/N-ethyl adjacent to an activating group) is 1. The molecule has 1 amide bonds. The van der Waals surface area contributed by atoms with Crippen molar-refractivity contribution in [3.8, 4) is 0 Å².